The zero-order chi connectivity index (χ0) is 21.9. The second kappa shape index (κ2) is 9.18. The van der Waals surface area contributed by atoms with E-state index in [-0.39, 0.29) is 30.3 Å². The van der Waals surface area contributed by atoms with Crippen LogP contribution in [0.3, 0.4) is 0 Å². The molecule has 0 aromatic heterocycles. The van der Waals surface area contributed by atoms with Gasteiger partial charge in [-0.3, -0.25) is 19.0 Å². The molecule has 166 valence electrons. The van der Waals surface area contributed by atoms with Crippen LogP contribution in [0.15, 0.2) is 30.3 Å². The molecule has 0 radical (unpaired) electrons. The molecular weight excluding hydrogens is 407 g/mol. The Morgan fingerprint density at radius 1 is 1.30 bits per heavy atom. The van der Waals surface area contributed by atoms with Crippen LogP contribution in [0.1, 0.15) is 34.1 Å². The number of hydrogen-bond acceptors (Lipinski definition) is 7. The highest BCUT2D eigenvalue weighted by atomic mass is 31.2. The Labute approximate surface area is 177 Å². The van der Waals surface area contributed by atoms with Crippen LogP contribution in [0.2, 0.25) is 0 Å². The molecule has 1 aromatic carbocycles. The molecule has 1 aromatic rings. The summed E-state index contributed by atoms with van der Waals surface area (Å²) < 4.78 is 30.1. The largest absolute Gasteiger partial charge is 0.464 e. The first-order valence-corrected chi connectivity index (χ1v) is 11.8. The maximum absolute atomic E-state index is 13.5. The number of benzene rings is 1. The van der Waals surface area contributed by atoms with E-state index in [4.69, 9.17) is 13.8 Å². The highest BCUT2D eigenvalue weighted by molar-refractivity contribution is 7.52. The number of hydrogen-bond donors (Lipinski definition) is 1. The molecule has 5 atom stereocenters. The van der Waals surface area contributed by atoms with Gasteiger partial charge in [0, 0.05) is 12.5 Å². The first-order chi connectivity index (χ1) is 14.1. The van der Waals surface area contributed by atoms with Gasteiger partial charge in [0.2, 0.25) is 0 Å². The molecular formula is C21H31N2O6P. The van der Waals surface area contributed by atoms with Crippen LogP contribution in [0.4, 0.5) is 0 Å². The van der Waals surface area contributed by atoms with E-state index in [9.17, 15) is 14.2 Å². The summed E-state index contributed by atoms with van der Waals surface area (Å²) in [4.78, 5) is 26.8. The van der Waals surface area contributed by atoms with Gasteiger partial charge in [0.25, 0.3) is 0 Å². The third kappa shape index (κ3) is 5.91. The predicted molar refractivity (Wildman–Crippen MR) is 112 cm³/mol. The molecule has 0 aliphatic carbocycles. The average molecular weight is 438 g/mol. The van der Waals surface area contributed by atoms with Gasteiger partial charge in [-0.05, 0) is 37.4 Å². The normalized spacial score (nSPS) is 26.3. The maximum Gasteiger partial charge on any atom is 0.459 e. The van der Waals surface area contributed by atoms with Gasteiger partial charge in [-0.1, -0.05) is 39.0 Å². The minimum absolute atomic E-state index is 0.0345. The molecule has 2 heterocycles. The fraction of sp³-hybridized carbons (Fsp3) is 0.619. The van der Waals surface area contributed by atoms with Crippen LogP contribution in [0, 0.1) is 11.3 Å². The topological polar surface area (TPSA) is 94.2 Å². The molecule has 2 aliphatic heterocycles. The van der Waals surface area contributed by atoms with E-state index in [0.717, 1.165) is 19.5 Å². The molecule has 2 saturated heterocycles. The number of nitrogens with one attached hydrogen (secondary N) is 1. The summed E-state index contributed by atoms with van der Waals surface area (Å²) in [6.07, 6.45) is 0.864. The van der Waals surface area contributed by atoms with Crippen LogP contribution in [-0.4, -0.2) is 55.0 Å². The monoisotopic (exact) mass is 438 g/mol. The van der Waals surface area contributed by atoms with E-state index in [1.165, 1.54) is 0 Å². The molecule has 1 N–H and O–H groups in total. The number of fused-ring (bicyclic) bond motifs is 2. The standard InChI is InChI=1S/C21H31N2O6P/c1-15(20(25)27-14-21(2,3)4)22-30(26,29-17-8-6-5-7-9-17)28-13-18-19(24)16-10-11-23(18)12-16/h5-9,15-16,18H,10-14H2,1-4H3,(H,22,26)/t15-,16?,18-,30?/m0/s1. The molecule has 2 bridgehead atoms. The Bertz CT molecular complexity index is 809. The van der Waals surface area contributed by atoms with E-state index >= 15 is 0 Å². The zero-order valence-corrected chi connectivity index (χ0v) is 18.9. The zero-order valence-electron chi connectivity index (χ0n) is 18.0. The number of carbonyl (C=O) groups excluding carboxylic acids is 2. The lowest BCUT2D eigenvalue weighted by atomic mass is 9.99. The summed E-state index contributed by atoms with van der Waals surface area (Å²) in [5.41, 5.74) is -0.188. The van der Waals surface area contributed by atoms with Gasteiger partial charge in [-0.2, -0.15) is 5.09 Å². The number of esters is 1. The number of rotatable bonds is 9. The minimum atomic E-state index is -3.95. The number of nitrogens with zero attached hydrogens (tertiary/aromatic N) is 1. The van der Waals surface area contributed by atoms with Gasteiger partial charge in [-0.15, -0.1) is 0 Å². The quantitative estimate of drug-likeness (QED) is 0.465. The third-order valence-electron chi connectivity index (χ3n) is 5.12. The van der Waals surface area contributed by atoms with Crippen LogP contribution in [-0.2, 0) is 23.4 Å². The van der Waals surface area contributed by atoms with E-state index in [2.05, 4.69) is 5.09 Å². The van der Waals surface area contributed by atoms with E-state index in [0.29, 0.717) is 5.75 Å². The van der Waals surface area contributed by atoms with Crippen molar-refractivity contribution in [1.29, 1.82) is 0 Å². The number of piperidine rings is 1. The van der Waals surface area contributed by atoms with Crippen molar-refractivity contribution >= 4 is 19.5 Å². The first-order valence-electron chi connectivity index (χ1n) is 10.3. The number of carbonyl (C=O) groups is 2. The SMILES string of the molecule is C[C@H](NP(=O)(OC[C@H]1C(=O)C2CCN1C2)Oc1ccccc1)C(=O)OCC(C)(C)C. The lowest BCUT2D eigenvalue weighted by Crippen LogP contribution is -2.41. The fourth-order valence-electron chi connectivity index (χ4n) is 3.52. The van der Waals surface area contributed by atoms with Crippen LogP contribution >= 0.6 is 7.75 Å². The van der Waals surface area contributed by atoms with Gasteiger partial charge in [0.1, 0.15) is 11.8 Å². The lowest BCUT2D eigenvalue weighted by Gasteiger charge is -2.27. The second-order valence-electron chi connectivity index (χ2n) is 9.12. The molecule has 9 heteroatoms. The molecule has 0 amide bonds. The van der Waals surface area contributed by atoms with Gasteiger partial charge in [-0.25, -0.2) is 4.57 Å². The maximum atomic E-state index is 13.5. The Kier molecular flexibility index (Phi) is 7.02. The molecule has 2 fully saturated rings. The number of ether oxygens (including phenoxy) is 1. The fourth-order valence-corrected chi connectivity index (χ4v) is 5.02. The summed E-state index contributed by atoms with van der Waals surface area (Å²) in [6, 6.07) is 7.23. The van der Waals surface area contributed by atoms with Gasteiger partial charge >= 0.3 is 13.7 Å². The van der Waals surface area contributed by atoms with Crippen LogP contribution in [0.5, 0.6) is 5.75 Å². The summed E-state index contributed by atoms with van der Waals surface area (Å²) >= 11 is 0. The second-order valence-corrected chi connectivity index (χ2v) is 10.8. The van der Waals surface area contributed by atoms with Crippen molar-refractivity contribution < 1.29 is 27.9 Å². The van der Waals surface area contributed by atoms with Crippen molar-refractivity contribution in [3.8, 4) is 5.75 Å². The Balaban J connectivity index is 1.67. The molecule has 0 saturated carbocycles. The van der Waals surface area contributed by atoms with Crippen molar-refractivity contribution in [3.63, 3.8) is 0 Å². The molecule has 8 nitrogen and oxygen atoms in total. The summed E-state index contributed by atoms with van der Waals surface area (Å²) in [6.45, 7) is 9.12. The van der Waals surface area contributed by atoms with Crippen LogP contribution in [0.25, 0.3) is 0 Å². The summed E-state index contributed by atoms with van der Waals surface area (Å²) in [5, 5.41) is 2.67. The van der Waals surface area contributed by atoms with E-state index in [1.807, 2.05) is 25.7 Å². The lowest BCUT2D eigenvalue weighted by molar-refractivity contribution is -0.148. The Morgan fingerprint density at radius 3 is 2.60 bits per heavy atom. The highest BCUT2D eigenvalue weighted by Crippen LogP contribution is 2.46. The van der Waals surface area contributed by atoms with E-state index < -0.39 is 25.8 Å². The molecule has 3 unspecified atom stereocenters. The molecule has 0 spiro atoms. The number of Topliss-reactive ketones (excluding diaryl/α,β-unsaturated/α-hetero) is 1. The number of ketones is 1. The van der Waals surface area contributed by atoms with Crippen LogP contribution < -0.4 is 9.61 Å². The number of para-hydroxylation sites is 1. The van der Waals surface area contributed by atoms with Gasteiger partial charge in [0.05, 0.1) is 19.3 Å². The molecule has 30 heavy (non-hydrogen) atoms. The third-order valence-corrected chi connectivity index (χ3v) is 6.76. The van der Waals surface area contributed by atoms with Crippen molar-refractivity contribution in [1.82, 2.24) is 9.99 Å². The van der Waals surface area contributed by atoms with Gasteiger partial charge in [0.15, 0.2) is 5.78 Å². The average Bonchev–Trinajstić information content (AvgIpc) is 3.26. The van der Waals surface area contributed by atoms with Crippen molar-refractivity contribution in [2.24, 2.45) is 11.3 Å². The molecule has 2 aliphatic rings. The Hall–Kier alpha value is -1.73. The van der Waals surface area contributed by atoms with E-state index in [1.54, 1.807) is 37.3 Å². The van der Waals surface area contributed by atoms with Crippen molar-refractivity contribution in [3.05, 3.63) is 30.3 Å². The van der Waals surface area contributed by atoms with Crippen molar-refractivity contribution in [2.75, 3.05) is 26.3 Å². The first kappa shape index (κ1) is 22.9. The van der Waals surface area contributed by atoms with Crippen molar-refractivity contribution in [2.45, 2.75) is 46.2 Å². The Morgan fingerprint density at radius 2 is 2.00 bits per heavy atom. The summed E-state index contributed by atoms with van der Waals surface area (Å²) in [5.74, 6) is -0.0641. The molecule has 3 rings (SSSR count). The van der Waals surface area contributed by atoms with Gasteiger partial charge < -0.3 is 9.26 Å². The highest BCUT2D eigenvalue weighted by Gasteiger charge is 2.46. The smallest absolute Gasteiger partial charge is 0.459 e. The minimum Gasteiger partial charge on any atom is -0.464 e. The predicted octanol–water partition coefficient (Wildman–Crippen LogP) is 3.03. The summed E-state index contributed by atoms with van der Waals surface area (Å²) in [7, 11) is -3.95.